The van der Waals surface area contributed by atoms with Crippen LogP contribution in [0.1, 0.15) is 39.5 Å². The normalized spacial score (nSPS) is 12.2. The Morgan fingerprint density at radius 3 is 2.83 bits per heavy atom. The summed E-state index contributed by atoms with van der Waals surface area (Å²) in [5, 5.41) is 13.8. The Kier molecular flexibility index (Phi) is 5.77. The molecular formula is C11H17ClN4O2. The zero-order valence-corrected chi connectivity index (χ0v) is 11.3. The van der Waals surface area contributed by atoms with E-state index in [0.717, 1.165) is 25.7 Å². The lowest BCUT2D eigenvalue weighted by Gasteiger charge is -2.14. The molecule has 1 atom stereocenters. The summed E-state index contributed by atoms with van der Waals surface area (Å²) in [5.74, 6) is 0.184. The highest BCUT2D eigenvalue weighted by atomic mass is 35.5. The van der Waals surface area contributed by atoms with Crippen molar-refractivity contribution in [2.45, 2.75) is 45.6 Å². The van der Waals surface area contributed by atoms with Crippen molar-refractivity contribution in [3.63, 3.8) is 0 Å². The number of halogens is 1. The van der Waals surface area contributed by atoms with Crippen LogP contribution < -0.4 is 5.32 Å². The molecule has 18 heavy (non-hydrogen) atoms. The SMILES string of the molecule is CCCCCC(C)Nc1ncnc(Cl)c1[N+](=O)[O-]. The maximum absolute atomic E-state index is 10.9. The fourth-order valence-corrected chi connectivity index (χ4v) is 1.83. The summed E-state index contributed by atoms with van der Waals surface area (Å²) in [6, 6.07) is 0.112. The molecule has 1 N–H and O–H groups in total. The summed E-state index contributed by atoms with van der Waals surface area (Å²) >= 11 is 5.70. The van der Waals surface area contributed by atoms with E-state index in [0.29, 0.717) is 0 Å². The van der Waals surface area contributed by atoms with Crippen molar-refractivity contribution in [3.8, 4) is 0 Å². The number of nitro groups is 1. The smallest absolute Gasteiger partial charge is 0.348 e. The van der Waals surface area contributed by atoms with Gasteiger partial charge in [-0.2, -0.15) is 0 Å². The molecule has 6 nitrogen and oxygen atoms in total. The van der Waals surface area contributed by atoms with Gasteiger partial charge in [-0.25, -0.2) is 9.97 Å². The maximum Gasteiger partial charge on any atom is 0.348 e. The predicted molar refractivity (Wildman–Crippen MR) is 70.9 cm³/mol. The first-order valence-corrected chi connectivity index (χ1v) is 6.35. The monoisotopic (exact) mass is 272 g/mol. The van der Waals surface area contributed by atoms with E-state index in [2.05, 4.69) is 22.2 Å². The summed E-state index contributed by atoms with van der Waals surface area (Å²) in [4.78, 5) is 17.8. The highest BCUT2D eigenvalue weighted by Gasteiger charge is 2.22. The number of nitrogens with zero attached hydrogens (tertiary/aromatic N) is 3. The van der Waals surface area contributed by atoms with Gasteiger partial charge in [0, 0.05) is 6.04 Å². The first-order valence-electron chi connectivity index (χ1n) is 5.97. The molecule has 0 aliphatic carbocycles. The second-order valence-electron chi connectivity index (χ2n) is 4.16. The molecular weight excluding hydrogens is 256 g/mol. The standard InChI is InChI=1S/C11H17ClN4O2/c1-3-4-5-6-8(2)15-11-9(16(17)18)10(12)13-7-14-11/h7-8H,3-6H2,1-2H3,(H,13,14,15). The van der Waals surface area contributed by atoms with Gasteiger partial charge in [-0.3, -0.25) is 10.1 Å². The Hall–Kier alpha value is -1.43. The van der Waals surface area contributed by atoms with Crippen molar-refractivity contribution >= 4 is 23.1 Å². The van der Waals surface area contributed by atoms with Gasteiger partial charge in [0.1, 0.15) is 6.33 Å². The van der Waals surface area contributed by atoms with Crippen LogP contribution in [0.2, 0.25) is 5.15 Å². The fourth-order valence-electron chi connectivity index (χ4n) is 1.63. The zero-order chi connectivity index (χ0) is 13.5. The van der Waals surface area contributed by atoms with Crippen molar-refractivity contribution < 1.29 is 4.92 Å². The zero-order valence-electron chi connectivity index (χ0n) is 10.5. The van der Waals surface area contributed by atoms with Crippen molar-refractivity contribution in [1.82, 2.24) is 9.97 Å². The Labute approximate surface area is 111 Å². The predicted octanol–water partition coefficient (Wildman–Crippen LogP) is 3.42. The summed E-state index contributed by atoms with van der Waals surface area (Å²) in [7, 11) is 0. The highest BCUT2D eigenvalue weighted by Crippen LogP contribution is 2.29. The lowest BCUT2D eigenvalue weighted by Crippen LogP contribution is -2.17. The minimum absolute atomic E-state index is 0.112. The lowest BCUT2D eigenvalue weighted by molar-refractivity contribution is -0.384. The third kappa shape index (κ3) is 4.10. The average Bonchev–Trinajstić information content (AvgIpc) is 2.28. The van der Waals surface area contributed by atoms with Crippen LogP contribution in [-0.4, -0.2) is 20.9 Å². The summed E-state index contributed by atoms with van der Waals surface area (Å²) in [6.07, 6.45) is 5.53. The maximum atomic E-state index is 10.9. The van der Waals surface area contributed by atoms with Crippen LogP contribution >= 0.6 is 11.6 Å². The topological polar surface area (TPSA) is 81.0 Å². The van der Waals surface area contributed by atoms with Crippen LogP contribution in [0.3, 0.4) is 0 Å². The Morgan fingerprint density at radius 1 is 1.50 bits per heavy atom. The van der Waals surface area contributed by atoms with Crippen molar-refractivity contribution in [2.75, 3.05) is 5.32 Å². The van der Waals surface area contributed by atoms with Gasteiger partial charge in [0.05, 0.1) is 4.92 Å². The van der Waals surface area contributed by atoms with Gasteiger partial charge < -0.3 is 5.32 Å². The van der Waals surface area contributed by atoms with Gasteiger partial charge in [-0.05, 0) is 13.3 Å². The molecule has 0 aromatic carbocycles. The van der Waals surface area contributed by atoms with Crippen LogP contribution in [-0.2, 0) is 0 Å². The molecule has 100 valence electrons. The first kappa shape index (κ1) is 14.6. The van der Waals surface area contributed by atoms with Crippen molar-refractivity contribution in [3.05, 3.63) is 21.6 Å². The Morgan fingerprint density at radius 2 is 2.22 bits per heavy atom. The summed E-state index contributed by atoms with van der Waals surface area (Å²) in [5.41, 5.74) is -0.262. The number of unbranched alkanes of at least 4 members (excludes halogenated alkanes) is 2. The third-order valence-corrected chi connectivity index (χ3v) is 2.86. The number of anilines is 1. The van der Waals surface area contributed by atoms with E-state index in [4.69, 9.17) is 11.6 Å². The molecule has 0 spiro atoms. The number of rotatable bonds is 7. The van der Waals surface area contributed by atoms with Gasteiger partial charge in [0.2, 0.25) is 11.0 Å². The molecule has 1 unspecified atom stereocenters. The van der Waals surface area contributed by atoms with Gasteiger partial charge >= 0.3 is 5.69 Å². The van der Waals surface area contributed by atoms with E-state index < -0.39 is 4.92 Å². The second kappa shape index (κ2) is 7.10. The minimum Gasteiger partial charge on any atom is -0.362 e. The third-order valence-electron chi connectivity index (χ3n) is 2.58. The molecule has 1 aromatic rings. The minimum atomic E-state index is -0.566. The summed E-state index contributed by atoms with van der Waals surface area (Å²) < 4.78 is 0. The largest absolute Gasteiger partial charge is 0.362 e. The molecule has 1 aromatic heterocycles. The molecule has 0 amide bonds. The molecule has 1 rings (SSSR count). The van der Waals surface area contributed by atoms with Gasteiger partial charge in [0.15, 0.2) is 0 Å². The quantitative estimate of drug-likeness (QED) is 0.356. The van der Waals surface area contributed by atoms with Crippen LogP contribution in [0.4, 0.5) is 11.5 Å². The Bertz CT molecular complexity index is 414. The lowest BCUT2D eigenvalue weighted by atomic mass is 10.1. The molecule has 0 saturated heterocycles. The highest BCUT2D eigenvalue weighted by molar-refractivity contribution is 6.31. The van der Waals surface area contributed by atoms with E-state index in [9.17, 15) is 10.1 Å². The fraction of sp³-hybridized carbons (Fsp3) is 0.636. The van der Waals surface area contributed by atoms with Crippen LogP contribution in [0.5, 0.6) is 0 Å². The van der Waals surface area contributed by atoms with E-state index in [-0.39, 0.29) is 22.7 Å². The molecule has 0 saturated carbocycles. The van der Waals surface area contributed by atoms with E-state index in [1.807, 2.05) is 6.92 Å². The van der Waals surface area contributed by atoms with Gasteiger partial charge in [0.25, 0.3) is 0 Å². The molecule has 0 bridgehead atoms. The molecule has 0 radical (unpaired) electrons. The van der Waals surface area contributed by atoms with E-state index in [1.54, 1.807) is 0 Å². The number of hydrogen-bond acceptors (Lipinski definition) is 5. The molecule has 0 aliphatic rings. The van der Waals surface area contributed by atoms with E-state index in [1.165, 1.54) is 6.33 Å². The number of nitrogens with one attached hydrogen (secondary N) is 1. The van der Waals surface area contributed by atoms with Crippen LogP contribution in [0, 0.1) is 10.1 Å². The average molecular weight is 273 g/mol. The van der Waals surface area contributed by atoms with Gasteiger partial charge in [-0.15, -0.1) is 0 Å². The summed E-state index contributed by atoms with van der Waals surface area (Å²) in [6.45, 7) is 4.10. The molecule has 0 fully saturated rings. The first-order chi connectivity index (χ1) is 8.56. The molecule has 7 heteroatoms. The second-order valence-corrected chi connectivity index (χ2v) is 4.52. The van der Waals surface area contributed by atoms with Crippen LogP contribution in [0.25, 0.3) is 0 Å². The molecule has 1 heterocycles. The molecule has 0 aliphatic heterocycles. The van der Waals surface area contributed by atoms with Crippen LogP contribution in [0.15, 0.2) is 6.33 Å². The van der Waals surface area contributed by atoms with Gasteiger partial charge in [-0.1, -0.05) is 37.8 Å². The van der Waals surface area contributed by atoms with Crippen molar-refractivity contribution in [1.29, 1.82) is 0 Å². The Balaban J connectivity index is 2.72. The number of aromatic nitrogens is 2. The number of hydrogen-bond donors (Lipinski definition) is 1. The van der Waals surface area contributed by atoms with E-state index >= 15 is 0 Å². The van der Waals surface area contributed by atoms with Crippen molar-refractivity contribution in [2.24, 2.45) is 0 Å².